The summed E-state index contributed by atoms with van der Waals surface area (Å²) in [7, 11) is 0. The quantitative estimate of drug-likeness (QED) is 0.625. The highest BCUT2D eigenvalue weighted by molar-refractivity contribution is 5.94. The molecule has 1 saturated heterocycles. The minimum atomic E-state index is -1.02. The third-order valence-electron chi connectivity index (χ3n) is 4.90. The van der Waals surface area contributed by atoms with E-state index in [0.29, 0.717) is 37.9 Å². The van der Waals surface area contributed by atoms with E-state index in [1.165, 1.54) is 6.07 Å². The zero-order valence-electron chi connectivity index (χ0n) is 16.1. The average Bonchev–Trinajstić information content (AvgIpc) is 3.08. The van der Waals surface area contributed by atoms with Crippen LogP contribution in [0.2, 0.25) is 0 Å². The van der Waals surface area contributed by atoms with E-state index in [0.717, 1.165) is 30.7 Å². The molecule has 6 nitrogen and oxygen atoms in total. The van der Waals surface area contributed by atoms with E-state index in [4.69, 9.17) is 4.52 Å². The van der Waals surface area contributed by atoms with Gasteiger partial charge in [-0.05, 0) is 36.8 Å². The van der Waals surface area contributed by atoms with Crippen LogP contribution in [0.15, 0.2) is 53.1 Å². The van der Waals surface area contributed by atoms with Crippen molar-refractivity contribution in [2.75, 3.05) is 26.2 Å². The summed E-state index contributed by atoms with van der Waals surface area (Å²) in [6.07, 6.45) is 0.763. The maximum atomic E-state index is 13.4. The number of nitrogens with zero attached hydrogens (tertiary/aromatic N) is 4. The molecular weight excluding hydrogens is 414 g/mol. The molecule has 9 heteroatoms. The Kier molecular flexibility index (Phi) is 7.12. The zero-order valence-corrected chi connectivity index (χ0v) is 16.9. The normalized spacial score (nSPS) is 14.8. The molecule has 0 N–H and O–H groups in total. The minimum absolute atomic E-state index is 0. The first kappa shape index (κ1) is 21.9. The number of halogens is 3. The topological polar surface area (TPSA) is 62.5 Å². The van der Waals surface area contributed by atoms with Crippen molar-refractivity contribution in [3.05, 3.63) is 71.6 Å². The lowest BCUT2D eigenvalue weighted by molar-refractivity contribution is 0.0760. The summed E-state index contributed by atoms with van der Waals surface area (Å²) in [6, 6.07) is 12.8. The van der Waals surface area contributed by atoms with E-state index < -0.39 is 11.6 Å². The SMILES string of the molecule is Cl.O=C(c1ccc(F)c(F)c1)N1CCCN(Cc2noc(-c3ccccc3)n2)CC1. The molecule has 3 aromatic rings. The molecule has 0 saturated carbocycles. The third-order valence-corrected chi connectivity index (χ3v) is 4.90. The van der Waals surface area contributed by atoms with Gasteiger partial charge in [-0.25, -0.2) is 8.78 Å². The Bertz CT molecular complexity index is 1000. The summed E-state index contributed by atoms with van der Waals surface area (Å²) < 4.78 is 31.9. The molecule has 1 fully saturated rings. The van der Waals surface area contributed by atoms with Crippen molar-refractivity contribution in [2.24, 2.45) is 0 Å². The van der Waals surface area contributed by atoms with Gasteiger partial charge < -0.3 is 9.42 Å². The smallest absolute Gasteiger partial charge is 0.257 e. The van der Waals surface area contributed by atoms with Crippen molar-refractivity contribution in [3.8, 4) is 11.5 Å². The fourth-order valence-electron chi connectivity index (χ4n) is 3.36. The van der Waals surface area contributed by atoms with Gasteiger partial charge in [0.25, 0.3) is 11.8 Å². The van der Waals surface area contributed by atoms with Gasteiger partial charge in [-0.2, -0.15) is 4.98 Å². The lowest BCUT2D eigenvalue weighted by Crippen LogP contribution is -2.35. The monoisotopic (exact) mass is 434 g/mol. The van der Waals surface area contributed by atoms with Crippen LogP contribution in [-0.4, -0.2) is 52.0 Å². The van der Waals surface area contributed by atoms with Gasteiger partial charge in [-0.1, -0.05) is 23.4 Å². The van der Waals surface area contributed by atoms with Crippen LogP contribution in [0.5, 0.6) is 0 Å². The highest BCUT2D eigenvalue weighted by Gasteiger charge is 2.22. The molecule has 1 aliphatic rings. The van der Waals surface area contributed by atoms with E-state index in [2.05, 4.69) is 15.0 Å². The molecule has 0 aliphatic carbocycles. The average molecular weight is 435 g/mol. The van der Waals surface area contributed by atoms with Crippen molar-refractivity contribution >= 4 is 18.3 Å². The molecule has 2 heterocycles. The third kappa shape index (κ3) is 5.01. The van der Waals surface area contributed by atoms with Gasteiger partial charge in [0.15, 0.2) is 17.5 Å². The maximum absolute atomic E-state index is 13.4. The molecule has 0 bridgehead atoms. The number of hydrogen-bond acceptors (Lipinski definition) is 5. The van der Waals surface area contributed by atoms with E-state index in [-0.39, 0.29) is 23.9 Å². The van der Waals surface area contributed by atoms with Gasteiger partial charge in [-0.3, -0.25) is 9.69 Å². The van der Waals surface area contributed by atoms with E-state index >= 15 is 0 Å². The molecule has 0 radical (unpaired) electrons. The van der Waals surface area contributed by atoms with Crippen molar-refractivity contribution in [1.82, 2.24) is 19.9 Å². The standard InChI is InChI=1S/C21H20F2N4O2.ClH/c22-17-8-7-16(13-18(17)23)21(28)27-10-4-9-26(11-12-27)14-19-24-20(29-25-19)15-5-2-1-3-6-15;/h1-3,5-8,13H,4,9-12,14H2;1H. The lowest BCUT2D eigenvalue weighted by Gasteiger charge is -2.21. The fourth-order valence-corrected chi connectivity index (χ4v) is 3.36. The van der Waals surface area contributed by atoms with Crippen LogP contribution in [-0.2, 0) is 6.54 Å². The van der Waals surface area contributed by atoms with Crippen molar-refractivity contribution in [1.29, 1.82) is 0 Å². The molecule has 158 valence electrons. The van der Waals surface area contributed by atoms with Crippen LogP contribution >= 0.6 is 12.4 Å². The van der Waals surface area contributed by atoms with E-state index in [1.807, 2.05) is 30.3 Å². The van der Waals surface area contributed by atoms with Gasteiger partial charge in [-0.15, -0.1) is 12.4 Å². The van der Waals surface area contributed by atoms with Gasteiger partial charge in [0.2, 0.25) is 0 Å². The number of hydrogen-bond donors (Lipinski definition) is 0. The molecule has 1 aliphatic heterocycles. The number of carbonyl (C=O) groups is 1. The zero-order chi connectivity index (χ0) is 20.2. The molecule has 0 unspecified atom stereocenters. The second-order valence-electron chi connectivity index (χ2n) is 6.93. The largest absolute Gasteiger partial charge is 0.337 e. The molecule has 1 aromatic heterocycles. The molecule has 4 rings (SSSR count). The number of aromatic nitrogens is 2. The Hall–Kier alpha value is -2.84. The second kappa shape index (κ2) is 9.77. The van der Waals surface area contributed by atoms with Crippen molar-refractivity contribution < 1.29 is 18.1 Å². The van der Waals surface area contributed by atoms with Crippen LogP contribution in [0, 0.1) is 11.6 Å². The number of carbonyl (C=O) groups excluding carboxylic acids is 1. The lowest BCUT2D eigenvalue weighted by atomic mass is 10.2. The van der Waals surface area contributed by atoms with Crippen LogP contribution < -0.4 is 0 Å². The Morgan fingerprint density at radius 3 is 2.57 bits per heavy atom. The second-order valence-corrected chi connectivity index (χ2v) is 6.93. The molecule has 30 heavy (non-hydrogen) atoms. The number of amides is 1. The fraction of sp³-hybridized carbons (Fsp3) is 0.286. The van der Waals surface area contributed by atoms with Gasteiger partial charge in [0, 0.05) is 37.3 Å². The molecule has 0 atom stereocenters. The van der Waals surface area contributed by atoms with Crippen LogP contribution in [0.1, 0.15) is 22.6 Å². The Labute approximate surface area is 178 Å². The maximum Gasteiger partial charge on any atom is 0.257 e. The van der Waals surface area contributed by atoms with Gasteiger partial charge in [0.1, 0.15) is 0 Å². The highest BCUT2D eigenvalue weighted by atomic mass is 35.5. The highest BCUT2D eigenvalue weighted by Crippen LogP contribution is 2.18. The summed E-state index contributed by atoms with van der Waals surface area (Å²) in [5, 5.41) is 4.05. The minimum Gasteiger partial charge on any atom is -0.337 e. The van der Waals surface area contributed by atoms with Crippen LogP contribution in [0.3, 0.4) is 0 Å². The van der Waals surface area contributed by atoms with Gasteiger partial charge >= 0.3 is 0 Å². The van der Waals surface area contributed by atoms with Crippen molar-refractivity contribution in [3.63, 3.8) is 0 Å². The number of benzene rings is 2. The first-order chi connectivity index (χ1) is 14.1. The number of rotatable bonds is 4. The molecule has 0 spiro atoms. The van der Waals surface area contributed by atoms with E-state index in [1.54, 1.807) is 4.90 Å². The van der Waals surface area contributed by atoms with Gasteiger partial charge in [0.05, 0.1) is 6.54 Å². The summed E-state index contributed by atoms with van der Waals surface area (Å²) in [5.41, 5.74) is 1.02. The molecule has 1 amide bonds. The summed E-state index contributed by atoms with van der Waals surface area (Å²) in [5.74, 6) is -1.20. The summed E-state index contributed by atoms with van der Waals surface area (Å²) in [4.78, 5) is 20.9. The first-order valence-electron chi connectivity index (χ1n) is 9.45. The van der Waals surface area contributed by atoms with Crippen LogP contribution in [0.4, 0.5) is 8.78 Å². The molecular formula is C21H21ClF2N4O2. The van der Waals surface area contributed by atoms with Crippen LogP contribution in [0.25, 0.3) is 11.5 Å². The Balaban J connectivity index is 0.00000256. The predicted octanol–water partition coefficient (Wildman–Crippen LogP) is 3.78. The van der Waals surface area contributed by atoms with Crippen molar-refractivity contribution in [2.45, 2.75) is 13.0 Å². The molecule has 2 aromatic carbocycles. The Morgan fingerprint density at radius 2 is 1.80 bits per heavy atom. The first-order valence-corrected chi connectivity index (χ1v) is 9.45. The predicted molar refractivity (Wildman–Crippen MR) is 109 cm³/mol. The van der Waals surface area contributed by atoms with E-state index in [9.17, 15) is 13.6 Å². The summed E-state index contributed by atoms with van der Waals surface area (Å²) in [6.45, 7) is 2.96. The Morgan fingerprint density at radius 1 is 1.00 bits per heavy atom. The summed E-state index contributed by atoms with van der Waals surface area (Å²) >= 11 is 0.